The number of rotatable bonds is 3. The molecule has 2 aromatic heterocycles. The van der Waals surface area contributed by atoms with E-state index in [0.717, 1.165) is 48.3 Å². The number of hydrogen-bond acceptors (Lipinski definition) is 4. The minimum Gasteiger partial charge on any atom is -0.381 e. The van der Waals surface area contributed by atoms with Gasteiger partial charge in [-0.1, -0.05) is 12.1 Å². The average Bonchev–Trinajstić information content (AvgIpc) is 2.99. The van der Waals surface area contributed by atoms with E-state index in [1.54, 1.807) is 0 Å². The smallest absolute Gasteiger partial charge is 0.230 e. The van der Waals surface area contributed by atoms with Gasteiger partial charge in [0.05, 0.1) is 17.6 Å². The van der Waals surface area contributed by atoms with Crippen LogP contribution in [-0.2, 0) is 4.74 Å². The predicted octanol–water partition coefficient (Wildman–Crippen LogP) is 2.52. The number of imidazole rings is 1. The maximum absolute atomic E-state index is 5.48. The molecule has 1 aliphatic carbocycles. The molecule has 0 amide bonds. The van der Waals surface area contributed by atoms with Gasteiger partial charge in [-0.25, -0.2) is 9.97 Å². The number of nitrogens with zero attached hydrogens (tertiary/aromatic N) is 4. The van der Waals surface area contributed by atoms with Crippen molar-refractivity contribution in [3.63, 3.8) is 0 Å². The molecule has 6 nitrogen and oxygen atoms in total. The quantitative estimate of drug-likeness (QED) is 0.806. The molecule has 1 aliphatic heterocycles. The zero-order valence-electron chi connectivity index (χ0n) is 12.2. The monoisotopic (exact) mass is 295 g/mol. The fraction of sp³-hybridized carbons (Fsp3) is 0.438. The normalized spacial score (nSPS) is 21.7. The fourth-order valence-corrected chi connectivity index (χ4v) is 3.05. The van der Waals surface area contributed by atoms with Crippen molar-refractivity contribution in [2.24, 2.45) is 0 Å². The molecule has 0 bridgehead atoms. The summed E-state index contributed by atoms with van der Waals surface area (Å²) in [6.07, 6.45) is 3.40. The molecule has 1 saturated carbocycles. The van der Waals surface area contributed by atoms with Crippen LogP contribution in [0.4, 0.5) is 0 Å². The van der Waals surface area contributed by atoms with Crippen LogP contribution in [0.25, 0.3) is 17.0 Å². The second-order valence-electron chi connectivity index (χ2n) is 6.15. The van der Waals surface area contributed by atoms with Crippen molar-refractivity contribution in [1.29, 1.82) is 0 Å². The highest BCUT2D eigenvalue weighted by atomic mass is 16.5. The molecule has 1 aromatic carbocycles. The molecule has 0 spiro atoms. The van der Waals surface area contributed by atoms with Crippen LogP contribution in [0.2, 0.25) is 0 Å². The molecule has 2 aliphatic rings. The molecule has 1 atom stereocenters. The van der Waals surface area contributed by atoms with E-state index in [-0.39, 0.29) is 0 Å². The first-order valence-corrected chi connectivity index (χ1v) is 7.88. The fourth-order valence-electron chi connectivity index (χ4n) is 3.05. The summed E-state index contributed by atoms with van der Waals surface area (Å²) in [5.74, 6) is 3.56. The second-order valence-corrected chi connectivity index (χ2v) is 6.15. The Hall–Kier alpha value is -2.21. The van der Waals surface area contributed by atoms with Crippen LogP contribution in [-0.4, -0.2) is 37.9 Å². The Morgan fingerprint density at radius 2 is 2.00 bits per heavy atom. The van der Waals surface area contributed by atoms with Gasteiger partial charge >= 0.3 is 0 Å². The summed E-state index contributed by atoms with van der Waals surface area (Å²) in [6.45, 7) is 1.54. The Morgan fingerprint density at radius 3 is 2.77 bits per heavy atom. The van der Waals surface area contributed by atoms with Crippen molar-refractivity contribution in [2.45, 2.75) is 31.1 Å². The van der Waals surface area contributed by atoms with E-state index in [0.29, 0.717) is 11.8 Å². The predicted molar refractivity (Wildman–Crippen MR) is 81.2 cm³/mol. The van der Waals surface area contributed by atoms with E-state index in [1.807, 2.05) is 28.9 Å². The molecule has 0 radical (unpaired) electrons. The Morgan fingerprint density at radius 1 is 1.09 bits per heavy atom. The SMILES string of the molecule is c1ccc2[nH]c(-n3nc([C@@H]4CCOC4)nc3C3CC3)nc2c1. The Labute approximate surface area is 127 Å². The molecule has 0 unspecified atom stereocenters. The summed E-state index contributed by atoms with van der Waals surface area (Å²) in [5.41, 5.74) is 1.99. The van der Waals surface area contributed by atoms with Crippen molar-refractivity contribution in [2.75, 3.05) is 13.2 Å². The lowest BCUT2D eigenvalue weighted by molar-refractivity contribution is 0.193. The van der Waals surface area contributed by atoms with E-state index in [9.17, 15) is 0 Å². The van der Waals surface area contributed by atoms with Gasteiger partial charge in [-0.2, -0.15) is 4.68 Å². The summed E-state index contributed by atoms with van der Waals surface area (Å²) in [4.78, 5) is 12.8. The van der Waals surface area contributed by atoms with E-state index in [2.05, 4.69) is 9.97 Å². The van der Waals surface area contributed by atoms with E-state index >= 15 is 0 Å². The first-order valence-electron chi connectivity index (χ1n) is 7.88. The lowest BCUT2D eigenvalue weighted by Gasteiger charge is -2.00. The molecule has 22 heavy (non-hydrogen) atoms. The van der Waals surface area contributed by atoms with Gasteiger partial charge in [0, 0.05) is 18.4 Å². The summed E-state index contributed by atoms with van der Waals surface area (Å²) >= 11 is 0. The van der Waals surface area contributed by atoms with E-state index in [4.69, 9.17) is 14.8 Å². The van der Waals surface area contributed by atoms with Crippen LogP contribution in [0.15, 0.2) is 24.3 Å². The van der Waals surface area contributed by atoms with Crippen LogP contribution in [0.1, 0.15) is 42.7 Å². The van der Waals surface area contributed by atoms with Gasteiger partial charge < -0.3 is 9.72 Å². The number of hydrogen-bond donors (Lipinski definition) is 1. The van der Waals surface area contributed by atoms with Gasteiger partial charge in [-0.05, 0) is 31.4 Å². The highest BCUT2D eigenvalue weighted by molar-refractivity contribution is 5.75. The van der Waals surface area contributed by atoms with Crippen molar-refractivity contribution >= 4 is 11.0 Å². The molecule has 3 heterocycles. The van der Waals surface area contributed by atoms with Crippen LogP contribution in [0.5, 0.6) is 0 Å². The number of aromatic nitrogens is 5. The largest absolute Gasteiger partial charge is 0.381 e. The van der Waals surface area contributed by atoms with Crippen LogP contribution in [0.3, 0.4) is 0 Å². The van der Waals surface area contributed by atoms with Gasteiger partial charge in [-0.3, -0.25) is 0 Å². The molecule has 3 aromatic rings. The van der Waals surface area contributed by atoms with Gasteiger partial charge in [0.25, 0.3) is 0 Å². The summed E-state index contributed by atoms with van der Waals surface area (Å²) in [6, 6.07) is 8.05. The van der Waals surface area contributed by atoms with Crippen LogP contribution in [0, 0.1) is 0 Å². The zero-order valence-corrected chi connectivity index (χ0v) is 12.2. The lowest BCUT2D eigenvalue weighted by atomic mass is 10.1. The highest BCUT2D eigenvalue weighted by Crippen LogP contribution is 2.40. The van der Waals surface area contributed by atoms with Crippen molar-refractivity contribution in [1.82, 2.24) is 24.7 Å². The zero-order chi connectivity index (χ0) is 14.5. The number of aromatic amines is 1. The maximum atomic E-state index is 5.48. The molecule has 1 N–H and O–H groups in total. The van der Waals surface area contributed by atoms with Crippen molar-refractivity contribution in [3.8, 4) is 5.95 Å². The highest BCUT2D eigenvalue weighted by Gasteiger charge is 2.33. The minimum atomic E-state index is 0.322. The average molecular weight is 295 g/mol. The molecule has 2 fully saturated rings. The first-order chi connectivity index (χ1) is 10.9. The standard InChI is InChI=1S/C16H17N5O/c1-2-4-13-12(3-1)17-16(18-13)21-15(10-5-6-10)19-14(20-21)11-7-8-22-9-11/h1-4,10-11H,5-9H2,(H,17,18)/t11-/m1/s1. The Bertz CT molecular complexity index is 793. The Kier molecular flexibility index (Phi) is 2.61. The van der Waals surface area contributed by atoms with Crippen molar-refractivity contribution < 1.29 is 4.74 Å². The van der Waals surface area contributed by atoms with E-state index < -0.39 is 0 Å². The third-order valence-electron chi connectivity index (χ3n) is 4.46. The number of fused-ring (bicyclic) bond motifs is 1. The van der Waals surface area contributed by atoms with Crippen LogP contribution >= 0.6 is 0 Å². The molecule has 5 rings (SSSR count). The summed E-state index contributed by atoms with van der Waals surface area (Å²) < 4.78 is 7.39. The minimum absolute atomic E-state index is 0.322. The number of H-pyrrole nitrogens is 1. The number of nitrogens with one attached hydrogen (secondary N) is 1. The molecular weight excluding hydrogens is 278 g/mol. The maximum Gasteiger partial charge on any atom is 0.230 e. The lowest BCUT2D eigenvalue weighted by Crippen LogP contribution is -2.05. The van der Waals surface area contributed by atoms with E-state index in [1.165, 1.54) is 12.8 Å². The molecule has 112 valence electrons. The number of benzene rings is 1. The first kappa shape index (κ1) is 12.3. The van der Waals surface area contributed by atoms with Crippen LogP contribution < -0.4 is 0 Å². The molecular formula is C16H17N5O. The second kappa shape index (κ2) is 4.64. The van der Waals surface area contributed by atoms with Gasteiger partial charge in [-0.15, -0.1) is 5.10 Å². The van der Waals surface area contributed by atoms with Gasteiger partial charge in [0.2, 0.25) is 5.95 Å². The number of ether oxygens (including phenoxy) is 1. The van der Waals surface area contributed by atoms with Crippen molar-refractivity contribution in [3.05, 3.63) is 35.9 Å². The Balaban J connectivity index is 1.62. The molecule has 6 heteroatoms. The summed E-state index contributed by atoms with van der Waals surface area (Å²) in [5, 5.41) is 4.75. The van der Waals surface area contributed by atoms with Gasteiger partial charge in [0.1, 0.15) is 5.82 Å². The summed E-state index contributed by atoms with van der Waals surface area (Å²) in [7, 11) is 0. The number of para-hydroxylation sites is 2. The third kappa shape index (κ3) is 1.94. The molecule has 1 saturated heterocycles. The van der Waals surface area contributed by atoms with Gasteiger partial charge in [0.15, 0.2) is 5.82 Å². The topological polar surface area (TPSA) is 68.6 Å². The third-order valence-corrected chi connectivity index (χ3v) is 4.46.